The smallest absolute Gasteiger partial charge is 0.243 e. The van der Waals surface area contributed by atoms with Gasteiger partial charge < -0.3 is 30.0 Å². The van der Waals surface area contributed by atoms with Gasteiger partial charge in [-0.05, 0) is 77.9 Å². The fraction of sp³-hybridized carbons (Fsp3) is 0.611. The van der Waals surface area contributed by atoms with Crippen LogP contribution in [0, 0.1) is 17.7 Å². The Balaban J connectivity index is 1.59. The summed E-state index contributed by atoms with van der Waals surface area (Å²) in [6.45, 7) is 7.32. The van der Waals surface area contributed by atoms with E-state index >= 15 is 0 Å². The van der Waals surface area contributed by atoms with E-state index < -0.39 is 24.1 Å². The highest BCUT2D eigenvalue weighted by Crippen LogP contribution is 2.44. The lowest BCUT2D eigenvalue weighted by atomic mass is 9.91. The van der Waals surface area contributed by atoms with E-state index in [0.29, 0.717) is 38.4 Å². The minimum atomic E-state index is -1.14. The van der Waals surface area contributed by atoms with E-state index in [-0.39, 0.29) is 49.7 Å². The predicted octanol–water partition coefficient (Wildman–Crippen LogP) is 6.33. The first-order valence-electron chi connectivity index (χ1n) is 17.1. The molecule has 1 aliphatic rings. The maximum Gasteiger partial charge on any atom is 0.243 e. The number of methoxy groups -OCH3 is 1. The maximum atomic E-state index is 13.5. The van der Waals surface area contributed by atoms with Gasteiger partial charge in [0.1, 0.15) is 17.6 Å². The second-order valence-electron chi connectivity index (χ2n) is 12.6. The van der Waals surface area contributed by atoms with Crippen LogP contribution in [0.15, 0.2) is 47.6 Å². The van der Waals surface area contributed by atoms with Crippen LogP contribution >= 0.6 is 0 Å². The second kappa shape index (κ2) is 20.6. The summed E-state index contributed by atoms with van der Waals surface area (Å²) < 4.78 is 30.4. The van der Waals surface area contributed by atoms with Crippen molar-refractivity contribution >= 4 is 11.8 Å². The van der Waals surface area contributed by atoms with Crippen molar-refractivity contribution in [2.45, 2.75) is 103 Å². The zero-order valence-corrected chi connectivity index (χ0v) is 28.7. The largest absolute Gasteiger partial charge is 0.493 e. The number of amides is 2. The topological polar surface area (TPSA) is 155 Å². The van der Waals surface area contributed by atoms with E-state index in [1.807, 2.05) is 32.9 Å². The summed E-state index contributed by atoms with van der Waals surface area (Å²) in [5.74, 6) is -0.472. The van der Waals surface area contributed by atoms with E-state index in [2.05, 4.69) is 26.7 Å². The molecule has 1 saturated carbocycles. The van der Waals surface area contributed by atoms with Gasteiger partial charge in [-0.25, -0.2) is 4.39 Å². The molecule has 5 atom stereocenters. The molecule has 0 bridgehead atoms. The van der Waals surface area contributed by atoms with Crippen LogP contribution in [0.5, 0.6) is 5.75 Å². The van der Waals surface area contributed by atoms with Gasteiger partial charge in [0.15, 0.2) is 0 Å². The Morgan fingerprint density at radius 2 is 1.83 bits per heavy atom. The molecular formula is C36H52FN5O6. The first-order chi connectivity index (χ1) is 23.2. The van der Waals surface area contributed by atoms with Crippen LogP contribution in [0.3, 0.4) is 0 Å². The fourth-order valence-electron chi connectivity index (χ4n) is 5.52. The number of benzene rings is 2. The van der Waals surface area contributed by atoms with E-state index in [4.69, 9.17) is 14.2 Å². The number of azide groups is 1. The van der Waals surface area contributed by atoms with Gasteiger partial charge in [0, 0.05) is 37.5 Å². The lowest BCUT2D eigenvalue weighted by Crippen LogP contribution is -2.52. The number of nitrogens with zero attached hydrogens (tertiary/aromatic N) is 3. The molecule has 2 amide bonds. The molecule has 2 aromatic rings. The molecule has 0 unspecified atom stereocenters. The highest BCUT2D eigenvalue weighted by molar-refractivity contribution is 5.88. The van der Waals surface area contributed by atoms with Gasteiger partial charge in [0.25, 0.3) is 0 Å². The Labute approximate surface area is 283 Å². The third kappa shape index (κ3) is 12.7. The molecule has 48 heavy (non-hydrogen) atoms. The molecular weight excluding hydrogens is 617 g/mol. The number of aliphatic hydroxyl groups excluding tert-OH is 1. The highest BCUT2D eigenvalue weighted by Gasteiger charge is 2.32. The second-order valence-corrected chi connectivity index (χ2v) is 12.6. The monoisotopic (exact) mass is 669 g/mol. The molecule has 0 aromatic heterocycles. The van der Waals surface area contributed by atoms with E-state index in [0.717, 1.165) is 36.1 Å². The lowest BCUT2D eigenvalue weighted by molar-refractivity contribution is -0.133. The van der Waals surface area contributed by atoms with Crippen molar-refractivity contribution < 1.29 is 33.3 Å². The Kier molecular flexibility index (Phi) is 16.6. The van der Waals surface area contributed by atoms with Crippen molar-refractivity contribution in [3.63, 3.8) is 0 Å². The molecule has 0 saturated heterocycles. The van der Waals surface area contributed by atoms with Crippen LogP contribution in [0.25, 0.3) is 10.4 Å². The van der Waals surface area contributed by atoms with Gasteiger partial charge in [0.05, 0.1) is 32.0 Å². The maximum absolute atomic E-state index is 13.5. The number of hydrogen-bond donors (Lipinski definition) is 3. The van der Waals surface area contributed by atoms with Crippen LogP contribution < -0.4 is 15.4 Å². The molecule has 3 N–H and O–H groups in total. The summed E-state index contributed by atoms with van der Waals surface area (Å²) in [5, 5.41) is 20.7. The minimum absolute atomic E-state index is 0.0344. The Bertz CT molecular complexity index is 1330. The molecule has 0 radical (unpaired) electrons. The van der Waals surface area contributed by atoms with Crippen molar-refractivity contribution in [3.8, 4) is 5.75 Å². The van der Waals surface area contributed by atoms with Gasteiger partial charge in [-0.1, -0.05) is 63.0 Å². The summed E-state index contributed by atoms with van der Waals surface area (Å²) in [4.78, 5) is 29.6. The number of nitrogens with one attached hydrogen (secondary N) is 2. The minimum Gasteiger partial charge on any atom is -0.493 e. The van der Waals surface area contributed by atoms with Crippen LogP contribution in [-0.4, -0.2) is 62.0 Å². The number of carbonyl (C=O) groups excluding carboxylic acids is 2. The number of ether oxygens (including phenoxy) is 3. The molecule has 12 heteroatoms. The average Bonchev–Trinajstić information content (AvgIpc) is 3.93. The zero-order chi connectivity index (χ0) is 34.9. The van der Waals surface area contributed by atoms with Crippen molar-refractivity contribution in [1.29, 1.82) is 0 Å². The summed E-state index contributed by atoms with van der Waals surface area (Å²) >= 11 is 0. The van der Waals surface area contributed by atoms with Crippen LogP contribution in [0.4, 0.5) is 4.39 Å². The van der Waals surface area contributed by atoms with Crippen molar-refractivity contribution in [1.82, 2.24) is 10.6 Å². The van der Waals surface area contributed by atoms with E-state index in [1.165, 1.54) is 17.7 Å². The van der Waals surface area contributed by atoms with Crippen LogP contribution in [0.2, 0.25) is 0 Å². The third-order valence-electron chi connectivity index (χ3n) is 8.75. The van der Waals surface area contributed by atoms with Crippen molar-refractivity contribution in [2.75, 3.05) is 26.9 Å². The predicted molar refractivity (Wildman–Crippen MR) is 182 cm³/mol. The number of carbonyl (C=O) groups is 2. The molecule has 0 heterocycles. The summed E-state index contributed by atoms with van der Waals surface area (Å²) in [6.07, 6.45) is 3.76. The third-order valence-corrected chi connectivity index (χ3v) is 8.75. The number of aliphatic hydroxyl groups is 1. The highest BCUT2D eigenvalue weighted by atomic mass is 19.1. The molecule has 1 aliphatic carbocycles. The lowest BCUT2D eigenvalue weighted by Gasteiger charge is -2.28. The molecule has 3 rings (SSSR count). The standard InChI is InChI=1S/C36H52FN5O6/c1-5-8-28(35(44)40-34(24(3)6-2)36(45)39-21-25-9-14-29(37)15-10-25)20-32(43)31(41-42-38)23-47-22-26-11-16-30(27-12-13-27)33(19-26)48-18-7-17-46-4/h9-11,14-16,19,24,27-28,31-32,34,43H,5-8,12-13,17-18,20-23H2,1-4H3,(H,39,45)(H,40,44)/t24-,28+,31-,32-,34-/m0/s1. The van der Waals surface area contributed by atoms with Crippen molar-refractivity contribution in [2.24, 2.45) is 17.0 Å². The molecule has 2 aromatic carbocycles. The van der Waals surface area contributed by atoms with Gasteiger partial charge in [-0.2, -0.15) is 0 Å². The Morgan fingerprint density at radius 1 is 1.10 bits per heavy atom. The fourth-order valence-corrected chi connectivity index (χ4v) is 5.52. The number of halogens is 1. The van der Waals surface area contributed by atoms with Gasteiger partial charge in [-0.15, -0.1) is 0 Å². The van der Waals surface area contributed by atoms with E-state index in [9.17, 15) is 24.6 Å². The SMILES string of the molecule is CCC[C@H](C[C@H](O)[C@H](COCc1ccc(C2CC2)c(OCCCOC)c1)N=[N+]=[N-])C(=O)N[C@H](C(=O)NCc1ccc(F)cc1)[C@@H](C)CC. The first kappa shape index (κ1) is 38.7. The zero-order valence-electron chi connectivity index (χ0n) is 28.7. The molecule has 264 valence electrons. The summed E-state index contributed by atoms with van der Waals surface area (Å²) in [6, 6.07) is 10.2. The summed E-state index contributed by atoms with van der Waals surface area (Å²) in [7, 11) is 1.66. The Hall–Kier alpha value is -3.70. The average molecular weight is 670 g/mol. The number of hydrogen-bond acceptors (Lipinski definition) is 7. The van der Waals surface area contributed by atoms with Crippen molar-refractivity contribution in [3.05, 3.63) is 75.4 Å². The number of rotatable bonds is 23. The molecule has 1 fully saturated rings. The molecule has 0 aliphatic heterocycles. The normalized spacial score (nSPS) is 15.8. The van der Waals surface area contributed by atoms with Gasteiger partial charge in [-0.3, -0.25) is 9.59 Å². The quantitative estimate of drug-likeness (QED) is 0.0544. The Morgan fingerprint density at radius 3 is 2.48 bits per heavy atom. The summed E-state index contributed by atoms with van der Waals surface area (Å²) in [5.41, 5.74) is 12.1. The van der Waals surface area contributed by atoms with Gasteiger partial charge in [0.2, 0.25) is 11.8 Å². The molecule has 11 nitrogen and oxygen atoms in total. The van der Waals surface area contributed by atoms with Crippen LogP contribution in [-0.2, 0) is 32.2 Å². The van der Waals surface area contributed by atoms with E-state index in [1.54, 1.807) is 19.2 Å². The molecule has 0 spiro atoms. The van der Waals surface area contributed by atoms with Gasteiger partial charge >= 0.3 is 0 Å². The van der Waals surface area contributed by atoms with Crippen LogP contribution in [0.1, 0.15) is 88.3 Å². The first-order valence-corrected chi connectivity index (χ1v) is 17.1.